The highest BCUT2D eigenvalue weighted by Gasteiger charge is 2.22. The first kappa shape index (κ1) is 21.2. The zero-order chi connectivity index (χ0) is 23.2. The molecule has 0 radical (unpaired) electrons. The molecular formula is C26H29N5O3. The van der Waals surface area contributed by atoms with Crippen molar-refractivity contribution >= 4 is 39.5 Å². The molecule has 1 saturated heterocycles. The molecule has 3 aromatic heterocycles. The smallest absolute Gasteiger partial charge is 0.229 e. The van der Waals surface area contributed by atoms with Crippen LogP contribution in [0.4, 0.5) is 17.5 Å². The van der Waals surface area contributed by atoms with Gasteiger partial charge >= 0.3 is 0 Å². The predicted octanol–water partition coefficient (Wildman–Crippen LogP) is 4.85. The Morgan fingerprint density at radius 2 is 1.88 bits per heavy atom. The number of aryl methyl sites for hydroxylation is 1. The van der Waals surface area contributed by atoms with Crippen LogP contribution in [0.5, 0.6) is 0 Å². The minimum atomic E-state index is -0.00294. The van der Waals surface area contributed by atoms with E-state index in [1.54, 1.807) is 0 Å². The van der Waals surface area contributed by atoms with Gasteiger partial charge in [-0.2, -0.15) is 4.98 Å². The van der Waals surface area contributed by atoms with Gasteiger partial charge in [0.05, 0.1) is 24.2 Å². The van der Waals surface area contributed by atoms with Crippen LogP contribution in [-0.2, 0) is 4.74 Å². The van der Waals surface area contributed by atoms with Crippen molar-refractivity contribution in [2.24, 2.45) is 0 Å². The molecule has 0 amide bonds. The number of hydrogen-bond acceptors (Lipinski definition) is 7. The van der Waals surface area contributed by atoms with E-state index in [1.807, 2.05) is 31.3 Å². The maximum atomic E-state index is 13.0. The third-order valence-electron chi connectivity index (χ3n) is 7.11. The lowest BCUT2D eigenvalue weighted by Gasteiger charge is -2.28. The van der Waals surface area contributed by atoms with E-state index in [-0.39, 0.29) is 5.43 Å². The summed E-state index contributed by atoms with van der Waals surface area (Å²) in [5.74, 6) is 1.16. The van der Waals surface area contributed by atoms with E-state index < -0.39 is 0 Å². The van der Waals surface area contributed by atoms with Gasteiger partial charge in [0.2, 0.25) is 11.8 Å². The second kappa shape index (κ2) is 8.43. The fourth-order valence-corrected chi connectivity index (χ4v) is 5.37. The number of ether oxygens (including phenoxy) is 1. The van der Waals surface area contributed by atoms with Gasteiger partial charge in [0.1, 0.15) is 11.2 Å². The van der Waals surface area contributed by atoms with Crippen molar-refractivity contribution in [1.82, 2.24) is 14.5 Å². The van der Waals surface area contributed by atoms with E-state index in [0.717, 1.165) is 16.7 Å². The van der Waals surface area contributed by atoms with Crippen molar-refractivity contribution in [3.63, 3.8) is 0 Å². The Bertz CT molecular complexity index is 1430. The molecule has 0 atom stereocenters. The molecule has 1 saturated carbocycles. The van der Waals surface area contributed by atoms with E-state index in [4.69, 9.17) is 14.1 Å². The zero-order valence-electron chi connectivity index (χ0n) is 19.6. The number of hydrogen-bond donors (Lipinski definition) is 1. The lowest BCUT2D eigenvalue weighted by molar-refractivity contribution is 0.120. The fraction of sp³-hybridized carbons (Fsp3) is 0.423. The summed E-state index contributed by atoms with van der Waals surface area (Å²) in [6.45, 7) is 6.65. The maximum absolute atomic E-state index is 13.0. The Balaban J connectivity index is 1.36. The minimum absolute atomic E-state index is 0.00294. The predicted molar refractivity (Wildman–Crippen MR) is 133 cm³/mol. The summed E-state index contributed by atoms with van der Waals surface area (Å²) >= 11 is 0. The second-order valence-electron chi connectivity index (χ2n) is 9.36. The third-order valence-corrected chi connectivity index (χ3v) is 7.11. The van der Waals surface area contributed by atoms with Gasteiger partial charge < -0.3 is 23.9 Å². The summed E-state index contributed by atoms with van der Waals surface area (Å²) < 4.78 is 14.1. The standard InChI is InChI=1S/C26H29N5O3/c1-16-13-18-15-27-26(29-24(18)31(16)20-5-3-4-6-20)28-19-7-8-21-22(14-19)34-25(17(2)23(21)32)30-9-11-33-12-10-30/h7-8,13-15,20H,3-6,9-12H2,1-2H3,(H,27,28,29). The van der Waals surface area contributed by atoms with Crippen LogP contribution in [0, 0.1) is 13.8 Å². The van der Waals surface area contributed by atoms with E-state index in [0.29, 0.717) is 60.7 Å². The average Bonchev–Trinajstić information content (AvgIpc) is 3.48. The third kappa shape index (κ3) is 3.62. The van der Waals surface area contributed by atoms with Crippen LogP contribution >= 0.6 is 0 Å². The summed E-state index contributed by atoms with van der Waals surface area (Å²) in [6, 6.07) is 8.22. The number of anilines is 3. The molecule has 34 heavy (non-hydrogen) atoms. The molecule has 2 fully saturated rings. The molecule has 1 aromatic carbocycles. The van der Waals surface area contributed by atoms with Gasteiger partial charge in [-0.25, -0.2) is 4.98 Å². The number of benzene rings is 1. The number of nitrogens with one attached hydrogen (secondary N) is 1. The monoisotopic (exact) mass is 459 g/mol. The molecule has 4 aromatic rings. The molecule has 8 heteroatoms. The van der Waals surface area contributed by atoms with E-state index in [1.165, 1.54) is 31.4 Å². The highest BCUT2D eigenvalue weighted by atomic mass is 16.5. The minimum Gasteiger partial charge on any atom is -0.440 e. The van der Waals surface area contributed by atoms with Crippen molar-refractivity contribution in [3.8, 4) is 0 Å². The number of rotatable bonds is 4. The maximum Gasteiger partial charge on any atom is 0.229 e. The lowest BCUT2D eigenvalue weighted by Crippen LogP contribution is -2.37. The molecule has 0 spiro atoms. The molecule has 4 heterocycles. The molecule has 176 valence electrons. The highest BCUT2D eigenvalue weighted by Crippen LogP contribution is 2.34. The van der Waals surface area contributed by atoms with Crippen molar-refractivity contribution in [3.05, 3.63) is 51.9 Å². The van der Waals surface area contributed by atoms with Crippen molar-refractivity contribution in [2.45, 2.75) is 45.6 Å². The van der Waals surface area contributed by atoms with E-state index in [2.05, 4.69) is 32.8 Å². The van der Waals surface area contributed by atoms with Crippen molar-refractivity contribution in [1.29, 1.82) is 0 Å². The Labute approximate surface area is 197 Å². The molecule has 1 N–H and O–H groups in total. The molecule has 8 nitrogen and oxygen atoms in total. The normalized spacial score (nSPS) is 17.2. The van der Waals surface area contributed by atoms with Crippen molar-refractivity contribution in [2.75, 3.05) is 36.5 Å². The molecule has 1 aliphatic carbocycles. The summed E-state index contributed by atoms with van der Waals surface area (Å²) in [5.41, 5.74) is 4.16. The molecule has 0 unspecified atom stereocenters. The summed E-state index contributed by atoms with van der Waals surface area (Å²) in [4.78, 5) is 24.5. The number of nitrogens with zero attached hydrogens (tertiary/aromatic N) is 4. The van der Waals surface area contributed by atoms with Gasteiger partial charge in [0, 0.05) is 48.2 Å². The summed E-state index contributed by atoms with van der Waals surface area (Å²) in [6.07, 6.45) is 6.82. The van der Waals surface area contributed by atoms with E-state index >= 15 is 0 Å². The number of fused-ring (bicyclic) bond motifs is 2. The zero-order valence-corrected chi connectivity index (χ0v) is 19.6. The van der Waals surface area contributed by atoms with Crippen LogP contribution in [0.2, 0.25) is 0 Å². The molecule has 0 bridgehead atoms. The highest BCUT2D eigenvalue weighted by molar-refractivity contribution is 5.84. The molecule has 1 aliphatic heterocycles. The largest absolute Gasteiger partial charge is 0.440 e. The topological polar surface area (TPSA) is 85.4 Å². The van der Waals surface area contributed by atoms with Crippen LogP contribution < -0.4 is 15.6 Å². The first-order valence-electron chi connectivity index (χ1n) is 12.1. The van der Waals surface area contributed by atoms with Crippen LogP contribution in [-0.4, -0.2) is 40.8 Å². The number of aromatic nitrogens is 3. The summed E-state index contributed by atoms with van der Waals surface area (Å²) in [5, 5.41) is 4.95. The average molecular weight is 460 g/mol. The van der Waals surface area contributed by atoms with Crippen LogP contribution in [0.3, 0.4) is 0 Å². The quantitative estimate of drug-likeness (QED) is 0.467. The lowest BCUT2D eigenvalue weighted by atomic mass is 10.1. The van der Waals surface area contributed by atoms with Gasteiger partial charge in [-0.1, -0.05) is 12.8 Å². The SMILES string of the molecule is Cc1c(N2CCOCC2)oc2cc(Nc3ncc4cc(C)n(C5CCCC5)c4n3)ccc2c1=O. The first-order valence-corrected chi connectivity index (χ1v) is 12.1. The first-order chi connectivity index (χ1) is 16.6. The van der Waals surface area contributed by atoms with Crippen LogP contribution in [0.1, 0.15) is 43.0 Å². The van der Waals surface area contributed by atoms with E-state index in [9.17, 15) is 4.79 Å². The van der Waals surface area contributed by atoms with Crippen molar-refractivity contribution < 1.29 is 9.15 Å². The van der Waals surface area contributed by atoms with Gasteiger partial charge in [-0.05, 0) is 44.9 Å². The Morgan fingerprint density at radius 3 is 2.68 bits per heavy atom. The second-order valence-corrected chi connectivity index (χ2v) is 9.36. The van der Waals surface area contributed by atoms with Gasteiger partial charge in [0.25, 0.3) is 0 Å². The van der Waals surface area contributed by atoms with Crippen LogP contribution in [0.15, 0.2) is 39.7 Å². The Hall–Kier alpha value is -3.39. The van der Waals surface area contributed by atoms with Gasteiger partial charge in [-0.15, -0.1) is 0 Å². The molecular weight excluding hydrogens is 430 g/mol. The Kier molecular flexibility index (Phi) is 5.25. The van der Waals surface area contributed by atoms with Gasteiger partial charge in [-0.3, -0.25) is 4.79 Å². The van der Waals surface area contributed by atoms with Crippen LogP contribution in [0.25, 0.3) is 22.0 Å². The van der Waals surface area contributed by atoms with Gasteiger partial charge in [0.15, 0.2) is 5.43 Å². The summed E-state index contributed by atoms with van der Waals surface area (Å²) in [7, 11) is 0. The molecule has 2 aliphatic rings. The fourth-order valence-electron chi connectivity index (χ4n) is 5.37. The Morgan fingerprint density at radius 1 is 1.09 bits per heavy atom. The number of morpholine rings is 1. The molecule has 6 rings (SSSR count).